The van der Waals surface area contributed by atoms with E-state index in [0.29, 0.717) is 10.8 Å². The van der Waals surface area contributed by atoms with Gasteiger partial charge in [0.25, 0.3) is 0 Å². The smallest absolute Gasteiger partial charge is 0.157 e. The van der Waals surface area contributed by atoms with Gasteiger partial charge in [0.1, 0.15) is 0 Å². The van der Waals surface area contributed by atoms with Gasteiger partial charge in [-0.2, -0.15) is 0 Å². The molecule has 0 aromatic heterocycles. The molecule has 0 aromatic rings. The van der Waals surface area contributed by atoms with Crippen LogP contribution in [0, 0.1) is 22.7 Å². The summed E-state index contributed by atoms with van der Waals surface area (Å²) in [5.74, 6) is 1.76. The van der Waals surface area contributed by atoms with Crippen LogP contribution in [0.2, 0.25) is 0 Å². The maximum atomic E-state index is 6.43. The highest BCUT2D eigenvalue weighted by atomic mass is 16.7. The minimum atomic E-state index is 0.0391. The van der Waals surface area contributed by atoms with E-state index in [2.05, 4.69) is 0 Å². The van der Waals surface area contributed by atoms with E-state index in [4.69, 9.17) is 18.9 Å². The van der Waals surface area contributed by atoms with Crippen molar-refractivity contribution in [3.63, 3.8) is 0 Å². The summed E-state index contributed by atoms with van der Waals surface area (Å²) in [6, 6.07) is 0. The summed E-state index contributed by atoms with van der Waals surface area (Å²) in [6.45, 7) is 3.53. The molecule has 6 unspecified atom stereocenters. The lowest BCUT2D eigenvalue weighted by molar-refractivity contribution is -0.219. The summed E-state index contributed by atoms with van der Waals surface area (Å²) >= 11 is 0. The Kier molecular flexibility index (Phi) is 5.06. The molecule has 3 saturated carbocycles. The van der Waals surface area contributed by atoms with Crippen molar-refractivity contribution in [1.82, 2.24) is 0 Å². The maximum Gasteiger partial charge on any atom is 0.157 e. The Morgan fingerprint density at radius 1 is 0.731 bits per heavy atom. The summed E-state index contributed by atoms with van der Waals surface area (Å²) in [7, 11) is 0. The van der Waals surface area contributed by atoms with Crippen molar-refractivity contribution < 1.29 is 18.9 Å². The summed E-state index contributed by atoms with van der Waals surface area (Å²) < 4.78 is 24.6. The molecule has 2 aliphatic heterocycles. The first-order chi connectivity index (χ1) is 12.8. The predicted molar refractivity (Wildman–Crippen MR) is 98.6 cm³/mol. The molecule has 3 aliphatic carbocycles. The molecule has 2 heterocycles. The zero-order valence-corrected chi connectivity index (χ0v) is 16.3. The van der Waals surface area contributed by atoms with Crippen LogP contribution >= 0.6 is 0 Å². The lowest BCUT2D eigenvalue weighted by atomic mass is 9.60. The summed E-state index contributed by atoms with van der Waals surface area (Å²) in [5.41, 5.74) is 0.666. The average Bonchev–Trinajstić information content (AvgIpc) is 3.38. The second kappa shape index (κ2) is 7.35. The minimum absolute atomic E-state index is 0.0391. The van der Waals surface area contributed by atoms with Gasteiger partial charge in [-0.1, -0.05) is 6.42 Å². The SMILES string of the molecule is C1CCC(OCC23CCC(C2)C2CCCC23COC2CCCCO2)OC1. The largest absolute Gasteiger partial charge is 0.353 e. The zero-order chi connectivity index (χ0) is 17.5. The summed E-state index contributed by atoms with van der Waals surface area (Å²) in [4.78, 5) is 0. The molecule has 0 amide bonds. The molecular formula is C22H36O4. The van der Waals surface area contributed by atoms with Crippen molar-refractivity contribution in [2.45, 2.75) is 89.6 Å². The van der Waals surface area contributed by atoms with Gasteiger partial charge in [0.05, 0.1) is 13.2 Å². The molecule has 0 radical (unpaired) electrons. The van der Waals surface area contributed by atoms with Crippen molar-refractivity contribution in [2.24, 2.45) is 22.7 Å². The maximum absolute atomic E-state index is 6.43. The lowest BCUT2D eigenvalue weighted by Gasteiger charge is -2.48. The standard InChI is InChI=1S/C22H36O4/c1-3-12-23-19(7-1)25-15-21-11-9-17(14-21)18-6-5-10-22(18,21)16-26-20-8-2-4-13-24-20/h17-20H,1-16H2. The van der Waals surface area contributed by atoms with Crippen molar-refractivity contribution >= 4 is 0 Å². The quantitative estimate of drug-likeness (QED) is 0.687. The molecule has 6 atom stereocenters. The third-order valence-corrected chi connectivity index (χ3v) is 8.47. The first kappa shape index (κ1) is 17.9. The van der Waals surface area contributed by atoms with Crippen LogP contribution in [-0.4, -0.2) is 39.0 Å². The predicted octanol–water partition coefficient (Wildman–Crippen LogP) is 4.66. The minimum Gasteiger partial charge on any atom is -0.353 e. The zero-order valence-electron chi connectivity index (χ0n) is 16.3. The highest BCUT2D eigenvalue weighted by Crippen LogP contribution is 2.72. The molecule has 148 valence electrons. The number of ether oxygens (including phenoxy) is 4. The third-order valence-electron chi connectivity index (χ3n) is 8.47. The van der Waals surface area contributed by atoms with Crippen molar-refractivity contribution in [3.05, 3.63) is 0 Å². The Balaban J connectivity index is 1.29. The Bertz CT molecular complexity index is 485. The first-order valence-corrected chi connectivity index (χ1v) is 11.3. The van der Waals surface area contributed by atoms with Crippen LogP contribution < -0.4 is 0 Å². The molecular weight excluding hydrogens is 328 g/mol. The van der Waals surface area contributed by atoms with Crippen LogP contribution in [-0.2, 0) is 18.9 Å². The Morgan fingerprint density at radius 3 is 2.15 bits per heavy atom. The van der Waals surface area contributed by atoms with Gasteiger partial charge >= 0.3 is 0 Å². The molecule has 0 spiro atoms. The number of hydrogen-bond donors (Lipinski definition) is 0. The van der Waals surface area contributed by atoms with E-state index < -0.39 is 0 Å². The van der Waals surface area contributed by atoms with E-state index in [0.717, 1.165) is 51.1 Å². The highest BCUT2D eigenvalue weighted by Gasteiger charge is 2.68. The van der Waals surface area contributed by atoms with Gasteiger partial charge in [-0.3, -0.25) is 0 Å². The van der Waals surface area contributed by atoms with Gasteiger partial charge in [0.15, 0.2) is 12.6 Å². The number of fused-ring (bicyclic) bond motifs is 5. The highest BCUT2D eigenvalue weighted by molar-refractivity contribution is 5.16. The Hall–Kier alpha value is -0.160. The van der Waals surface area contributed by atoms with E-state index in [9.17, 15) is 0 Å². The molecule has 26 heavy (non-hydrogen) atoms. The second-order valence-electron chi connectivity index (χ2n) is 9.65. The Labute approximate surface area is 158 Å². The van der Waals surface area contributed by atoms with Gasteiger partial charge in [-0.25, -0.2) is 0 Å². The fourth-order valence-corrected chi connectivity index (χ4v) is 7.19. The van der Waals surface area contributed by atoms with Crippen LogP contribution in [0.5, 0.6) is 0 Å². The molecule has 4 heteroatoms. The second-order valence-corrected chi connectivity index (χ2v) is 9.65. The normalized spacial score (nSPS) is 48.0. The molecule has 0 aromatic carbocycles. The van der Waals surface area contributed by atoms with E-state index in [1.165, 1.54) is 64.2 Å². The van der Waals surface area contributed by atoms with E-state index in [1.807, 2.05) is 0 Å². The Morgan fingerprint density at radius 2 is 1.46 bits per heavy atom. The monoisotopic (exact) mass is 364 g/mol. The average molecular weight is 365 g/mol. The first-order valence-electron chi connectivity index (χ1n) is 11.3. The lowest BCUT2D eigenvalue weighted by Crippen LogP contribution is -2.48. The van der Waals surface area contributed by atoms with Crippen LogP contribution in [0.3, 0.4) is 0 Å². The summed E-state index contributed by atoms with van der Waals surface area (Å²) in [6.07, 6.45) is 15.3. The fraction of sp³-hybridized carbons (Fsp3) is 1.00. The van der Waals surface area contributed by atoms with Crippen LogP contribution in [0.4, 0.5) is 0 Å². The van der Waals surface area contributed by atoms with Crippen molar-refractivity contribution in [3.8, 4) is 0 Å². The third kappa shape index (κ3) is 2.96. The van der Waals surface area contributed by atoms with Gasteiger partial charge in [0, 0.05) is 24.0 Å². The van der Waals surface area contributed by atoms with Crippen LogP contribution in [0.15, 0.2) is 0 Å². The van der Waals surface area contributed by atoms with E-state index in [1.54, 1.807) is 0 Å². The molecule has 2 bridgehead atoms. The van der Waals surface area contributed by atoms with Gasteiger partial charge < -0.3 is 18.9 Å². The van der Waals surface area contributed by atoms with Crippen molar-refractivity contribution in [2.75, 3.05) is 26.4 Å². The molecule has 2 saturated heterocycles. The summed E-state index contributed by atoms with van der Waals surface area (Å²) in [5, 5.41) is 0. The molecule has 5 rings (SSSR count). The molecule has 5 aliphatic rings. The molecule has 0 N–H and O–H groups in total. The fourth-order valence-electron chi connectivity index (χ4n) is 7.19. The number of hydrogen-bond acceptors (Lipinski definition) is 4. The van der Waals surface area contributed by atoms with Crippen LogP contribution in [0.1, 0.15) is 77.0 Å². The molecule has 5 fully saturated rings. The van der Waals surface area contributed by atoms with Crippen LogP contribution in [0.25, 0.3) is 0 Å². The van der Waals surface area contributed by atoms with Gasteiger partial charge in [-0.05, 0) is 82.5 Å². The van der Waals surface area contributed by atoms with Gasteiger partial charge in [0.2, 0.25) is 0 Å². The number of rotatable bonds is 6. The van der Waals surface area contributed by atoms with E-state index >= 15 is 0 Å². The molecule has 4 nitrogen and oxygen atoms in total. The van der Waals surface area contributed by atoms with Crippen molar-refractivity contribution in [1.29, 1.82) is 0 Å². The van der Waals surface area contributed by atoms with Gasteiger partial charge in [-0.15, -0.1) is 0 Å². The van der Waals surface area contributed by atoms with E-state index in [-0.39, 0.29) is 12.6 Å². The topological polar surface area (TPSA) is 36.9 Å².